The van der Waals surface area contributed by atoms with Crippen molar-refractivity contribution in [2.24, 2.45) is 0 Å². The Bertz CT molecular complexity index is 831. The standard InChI is InChI=1S/C20H22N2O5/c1-26-17-8-4-5-14(18(17)27-15-6-2-3-7-15)12-22-19(23)13-9-10-21-16(11-13)20(24)25/h4-5,8-11,15H,2-3,6-7,12H2,1H3,(H,22,23)(H,24,25). The van der Waals surface area contributed by atoms with Crippen LogP contribution in [0.5, 0.6) is 11.5 Å². The molecular weight excluding hydrogens is 348 g/mol. The average molecular weight is 370 g/mol. The van der Waals surface area contributed by atoms with Gasteiger partial charge in [-0.05, 0) is 43.9 Å². The number of benzene rings is 1. The fourth-order valence-electron chi connectivity index (χ4n) is 3.13. The summed E-state index contributed by atoms with van der Waals surface area (Å²) in [5.41, 5.74) is 0.875. The van der Waals surface area contributed by atoms with Crippen LogP contribution in [0.25, 0.3) is 0 Å². The summed E-state index contributed by atoms with van der Waals surface area (Å²) < 4.78 is 11.6. The molecule has 0 unspecified atom stereocenters. The first kappa shape index (κ1) is 18.7. The first-order valence-corrected chi connectivity index (χ1v) is 8.88. The summed E-state index contributed by atoms with van der Waals surface area (Å²) in [6.45, 7) is 0.239. The van der Waals surface area contributed by atoms with Crippen molar-refractivity contribution in [3.63, 3.8) is 0 Å². The molecule has 2 N–H and O–H groups in total. The van der Waals surface area contributed by atoms with Gasteiger partial charge in [0.15, 0.2) is 11.5 Å². The lowest BCUT2D eigenvalue weighted by Gasteiger charge is -2.19. The van der Waals surface area contributed by atoms with Gasteiger partial charge in [0.05, 0.1) is 13.2 Å². The molecule has 7 heteroatoms. The van der Waals surface area contributed by atoms with Gasteiger partial charge in [0.25, 0.3) is 5.91 Å². The molecule has 1 aromatic carbocycles. The van der Waals surface area contributed by atoms with Crippen LogP contribution in [0.15, 0.2) is 36.5 Å². The molecule has 2 aromatic rings. The molecule has 1 aliphatic rings. The van der Waals surface area contributed by atoms with E-state index in [9.17, 15) is 9.59 Å². The lowest BCUT2D eigenvalue weighted by molar-refractivity contribution is 0.0690. The zero-order valence-electron chi connectivity index (χ0n) is 15.1. The molecule has 3 rings (SSSR count). The van der Waals surface area contributed by atoms with Crippen LogP contribution in [0, 0.1) is 0 Å². The number of aromatic nitrogens is 1. The maximum Gasteiger partial charge on any atom is 0.354 e. The van der Waals surface area contributed by atoms with Crippen molar-refractivity contribution < 1.29 is 24.2 Å². The highest BCUT2D eigenvalue weighted by Crippen LogP contribution is 2.34. The third kappa shape index (κ3) is 4.55. The number of carbonyl (C=O) groups is 2. The van der Waals surface area contributed by atoms with Gasteiger partial charge in [-0.1, -0.05) is 12.1 Å². The maximum atomic E-state index is 12.4. The smallest absolute Gasteiger partial charge is 0.354 e. The fourth-order valence-corrected chi connectivity index (χ4v) is 3.13. The van der Waals surface area contributed by atoms with Gasteiger partial charge < -0.3 is 19.9 Å². The van der Waals surface area contributed by atoms with Gasteiger partial charge in [-0.15, -0.1) is 0 Å². The van der Waals surface area contributed by atoms with Gasteiger partial charge in [-0.25, -0.2) is 9.78 Å². The van der Waals surface area contributed by atoms with Crippen LogP contribution in [0.3, 0.4) is 0 Å². The topological polar surface area (TPSA) is 97.8 Å². The number of hydrogen-bond donors (Lipinski definition) is 2. The molecule has 1 saturated carbocycles. The van der Waals surface area contributed by atoms with Crippen LogP contribution in [-0.4, -0.2) is 35.2 Å². The third-order valence-corrected chi connectivity index (χ3v) is 4.55. The lowest BCUT2D eigenvalue weighted by Crippen LogP contribution is -2.24. The highest BCUT2D eigenvalue weighted by atomic mass is 16.5. The van der Waals surface area contributed by atoms with E-state index in [0.717, 1.165) is 31.2 Å². The molecule has 142 valence electrons. The summed E-state index contributed by atoms with van der Waals surface area (Å²) in [4.78, 5) is 27.1. The van der Waals surface area contributed by atoms with Gasteiger partial charge in [-0.3, -0.25) is 4.79 Å². The van der Waals surface area contributed by atoms with Crippen LogP contribution in [0.2, 0.25) is 0 Å². The summed E-state index contributed by atoms with van der Waals surface area (Å²) in [7, 11) is 1.59. The highest BCUT2D eigenvalue weighted by molar-refractivity contribution is 5.96. The normalized spacial score (nSPS) is 14.0. The van der Waals surface area contributed by atoms with Crippen molar-refractivity contribution in [2.45, 2.75) is 38.3 Å². The first-order chi connectivity index (χ1) is 13.1. The molecule has 0 atom stereocenters. The number of rotatable bonds is 7. The number of carboxylic acids is 1. The number of amides is 1. The van der Waals surface area contributed by atoms with E-state index < -0.39 is 5.97 Å². The van der Waals surface area contributed by atoms with Gasteiger partial charge >= 0.3 is 5.97 Å². The molecule has 1 aliphatic carbocycles. The van der Waals surface area contributed by atoms with Crippen LogP contribution in [0.1, 0.15) is 52.1 Å². The largest absolute Gasteiger partial charge is 0.493 e. The Labute approximate surface area is 157 Å². The number of para-hydroxylation sites is 1. The fraction of sp³-hybridized carbons (Fsp3) is 0.350. The number of ether oxygens (including phenoxy) is 2. The second kappa shape index (κ2) is 8.53. The molecule has 1 heterocycles. The van der Waals surface area contributed by atoms with E-state index in [-0.39, 0.29) is 29.8 Å². The Morgan fingerprint density at radius 3 is 2.74 bits per heavy atom. The summed E-state index contributed by atoms with van der Waals surface area (Å²) in [6, 6.07) is 8.28. The quantitative estimate of drug-likeness (QED) is 0.777. The highest BCUT2D eigenvalue weighted by Gasteiger charge is 2.21. The average Bonchev–Trinajstić information content (AvgIpc) is 3.20. The Morgan fingerprint density at radius 2 is 2.04 bits per heavy atom. The van der Waals surface area contributed by atoms with Crippen molar-refractivity contribution in [1.82, 2.24) is 10.3 Å². The predicted octanol–water partition coefficient (Wildman–Crippen LogP) is 3.04. The van der Waals surface area contributed by atoms with E-state index in [0.29, 0.717) is 11.5 Å². The Morgan fingerprint density at radius 1 is 1.26 bits per heavy atom. The molecule has 27 heavy (non-hydrogen) atoms. The summed E-state index contributed by atoms with van der Waals surface area (Å²) >= 11 is 0. The molecular formula is C20H22N2O5. The number of nitrogens with one attached hydrogen (secondary N) is 1. The van der Waals surface area contributed by atoms with E-state index >= 15 is 0 Å². The number of methoxy groups -OCH3 is 1. The number of hydrogen-bond acceptors (Lipinski definition) is 5. The van der Waals surface area contributed by atoms with Crippen molar-refractivity contribution in [3.05, 3.63) is 53.3 Å². The summed E-state index contributed by atoms with van der Waals surface area (Å²) in [5.74, 6) is -0.280. The Balaban J connectivity index is 1.74. The van der Waals surface area contributed by atoms with Crippen LogP contribution in [0.4, 0.5) is 0 Å². The second-order valence-electron chi connectivity index (χ2n) is 6.39. The van der Waals surface area contributed by atoms with E-state index in [1.165, 1.54) is 18.3 Å². The number of pyridine rings is 1. The third-order valence-electron chi connectivity index (χ3n) is 4.55. The Kier molecular flexibility index (Phi) is 5.90. The van der Waals surface area contributed by atoms with Crippen LogP contribution < -0.4 is 14.8 Å². The maximum absolute atomic E-state index is 12.4. The summed E-state index contributed by atoms with van der Waals surface area (Å²) in [5, 5.41) is 11.8. The molecule has 7 nitrogen and oxygen atoms in total. The minimum atomic E-state index is -1.18. The van der Waals surface area contributed by atoms with Gasteiger partial charge in [0.2, 0.25) is 0 Å². The first-order valence-electron chi connectivity index (χ1n) is 8.88. The lowest BCUT2D eigenvalue weighted by atomic mass is 10.1. The van der Waals surface area contributed by atoms with Crippen molar-refractivity contribution in [2.75, 3.05) is 7.11 Å². The van der Waals surface area contributed by atoms with Crippen LogP contribution >= 0.6 is 0 Å². The van der Waals surface area contributed by atoms with Crippen molar-refractivity contribution in [3.8, 4) is 11.5 Å². The molecule has 0 aliphatic heterocycles. The van der Waals surface area contributed by atoms with Gasteiger partial charge in [0, 0.05) is 23.9 Å². The minimum Gasteiger partial charge on any atom is -0.493 e. The Hall–Kier alpha value is -3.09. The van der Waals surface area contributed by atoms with Crippen molar-refractivity contribution >= 4 is 11.9 Å². The zero-order valence-corrected chi connectivity index (χ0v) is 15.1. The number of nitrogens with zero attached hydrogens (tertiary/aromatic N) is 1. The molecule has 0 radical (unpaired) electrons. The molecule has 1 aromatic heterocycles. The monoisotopic (exact) mass is 370 g/mol. The van der Waals surface area contributed by atoms with E-state index in [4.69, 9.17) is 14.6 Å². The molecule has 0 saturated heterocycles. The van der Waals surface area contributed by atoms with E-state index in [1.54, 1.807) is 7.11 Å². The van der Waals surface area contributed by atoms with Gasteiger partial charge in [-0.2, -0.15) is 0 Å². The minimum absolute atomic E-state index is 0.161. The van der Waals surface area contributed by atoms with E-state index in [1.807, 2.05) is 18.2 Å². The van der Waals surface area contributed by atoms with Crippen LogP contribution in [-0.2, 0) is 6.54 Å². The molecule has 1 amide bonds. The SMILES string of the molecule is COc1cccc(CNC(=O)c2ccnc(C(=O)O)c2)c1OC1CCCC1. The molecule has 1 fully saturated rings. The second-order valence-corrected chi connectivity index (χ2v) is 6.39. The van der Waals surface area contributed by atoms with Gasteiger partial charge in [0.1, 0.15) is 5.69 Å². The zero-order chi connectivity index (χ0) is 19.2. The number of carboxylic acid groups (broad SMARTS) is 1. The number of carbonyl (C=O) groups excluding carboxylic acids is 1. The van der Waals surface area contributed by atoms with E-state index in [2.05, 4.69) is 10.3 Å². The predicted molar refractivity (Wildman–Crippen MR) is 98.2 cm³/mol. The number of aromatic carboxylic acids is 1. The van der Waals surface area contributed by atoms with Crippen molar-refractivity contribution in [1.29, 1.82) is 0 Å². The molecule has 0 spiro atoms. The molecule has 0 bridgehead atoms. The summed E-state index contributed by atoms with van der Waals surface area (Å²) in [6.07, 6.45) is 5.80.